The number of aryl methyl sites for hydroxylation is 1. The average molecular weight is 335 g/mol. The lowest BCUT2D eigenvalue weighted by atomic mass is 10.2. The van der Waals surface area contributed by atoms with Crippen molar-refractivity contribution >= 4 is 10.0 Å². The molecule has 2 fully saturated rings. The van der Waals surface area contributed by atoms with Crippen molar-refractivity contribution in [3.63, 3.8) is 0 Å². The number of nitrogens with one attached hydrogen (secondary N) is 1. The highest BCUT2D eigenvalue weighted by molar-refractivity contribution is 7.89. The first-order valence-corrected chi connectivity index (χ1v) is 9.56. The molecule has 124 valence electrons. The number of imidazole rings is 1. The summed E-state index contributed by atoms with van der Waals surface area (Å²) in [5, 5.41) is 4.75. The highest BCUT2D eigenvalue weighted by Crippen LogP contribution is 2.44. The zero-order valence-corrected chi connectivity index (χ0v) is 14.0. The van der Waals surface area contributed by atoms with Gasteiger partial charge in [0, 0.05) is 37.3 Å². The van der Waals surface area contributed by atoms with Gasteiger partial charge < -0.3 is 4.57 Å². The maximum absolute atomic E-state index is 12.2. The number of hydrogen-bond donors (Lipinski definition) is 1. The Balaban J connectivity index is 1.43. The number of rotatable bonds is 7. The first kappa shape index (κ1) is 14.9. The lowest BCUT2D eigenvalue weighted by Gasteiger charge is -2.07. The maximum Gasteiger partial charge on any atom is 0.259 e. The van der Waals surface area contributed by atoms with Crippen LogP contribution < -0.4 is 4.72 Å². The topological polar surface area (TPSA) is 81.8 Å². The van der Waals surface area contributed by atoms with Crippen LogP contribution in [0, 0.1) is 0 Å². The molecule has 0 aromatic carbocycles. The Hall–Kier alpha value is -1.67. The first-order valence-electron chi connectivity index (χ1n) is 8.08. The van der Waals surface area contributed by atoms with Gasteiger partial charge in [-0.1, -0.05) is 0 Å². The molecule has 0 spiro atoms. The quantitative estimate of drug-likeness (QED) is 0.828. The third kappa shape index (κ3) is 3.18. The van der Waals surface area contributed by atoms with E-state index >= 15 is 0 Å². The minimum atomic E-state index is -3.55. The minimum Gasteiger partial charge on any atom is -0.339 e. The van der Waals surface area contributed by atoms with E-state index in [4.69, 9.17) is 5.10 Å². The summed E-state index contributed by atoms with van der Waals surface area (Å²) in [4.78, 5) is 3.89. The second-order valence-corrected chi connectivity index (χ2v) is 8.25. The zero-order valence-electron chi connectivity index (χ0n) is 13.1. The molecular weight excluding hydrogens is 314 g/mol. The SMILES string of the molecule is Cn1cnc(S(=O)(=O)NCCn2nc(C3CC3)cc2C2CC2)c1. The van der Waals surface area contributed by atoms with E-state index < -0.39 is 10.0 Å². The van der Waals surface area contributed by atoms with Gasteiger partial charge in [-0.3, -0.25) is 4.68 Å². The van der Waals surface area contributed by atoms with Crippen molar-refractivity contribution in [2.24, 2.45) is 7.05 Å². The Bertz CT molecular complexity index is 815. The van der Waals surface area contributed by atoms with Crippen LogP contribution in [0.1, 0.15) is 48.9 Å². The summed E-state index contributed by atoms with van der Waals surface area (Å²) in [6.45, 7) is 0.884. The van der Waals surface area contributed by atoms with Crippen LogP contribution in [0.15, 0.2) is 23.6 Å². The van der Waals surface area contributed by atoms with Gasteiger partial charge in [0.2, 0.25) is 0 Å². The van der Waals surface area contributed by atoms with Crippen LogP contribution >= 0.6 is 0 Å². The summed E-state index contributed by atoms with van der Waals surface area (Å²) in [7, 11) is -1.80. The van der Waals surface area contributed by atoms with Crippen LogP contribution in [0.25, 0.3) is 0 Å². The molecule has 2 saturated carbocycles. The standard InChI is InChI=1S/C15H21N5O2S/c1-19-9-15(16-10-19)23(21,22)17-6-7-20-14(12-4-5-12)8-13(18-20)11-2-3-11/h8-12,17H,2-7H2,1H3. The van der Waals surface area contributed by atoms with Gasteiger partial charge in [-0.15, -0.1) is 0 Å². The number of sulfonamides is 1. The van der Waals surface area contributed by atoms with Crippen LogP contribution in [-0.2, 0) is 23.6 Å². The molecule has 0 bridgehead atoms. The molecule has 0 saturated heterocycles. The molecular formula is C15H21N5O2S. The van der Waals surface area contributed by atoms with Crippen molar-refractivity contribution in [2.75, 3.05) is 6.54 Å². The van der Waals surface area contributed by atoms with E-state index in [9.17, 15) is 8.42 Å². The molecule has 0 unspecified atom stereocenters. The fourth-order valence-corrected chi connectivity index (χ4v) is 3.80. The summed E-state index contributed by atoms with van der Waals surface area (Å²) in [6.07, 6.45) is 7.87. The van der Waals surface area contributed by atoms with E-state index in [1.54, 1.807) is 11.6 Å². The smallest absolute Gasteiger partial charge is 0.259 e. The summed E-state index contributed by atoms with van der Waals surface area (Å²) < 4.78 is 30.6. The number of aromatic nitrogens is 4. The maximum atomic E-state index is 12.2. The van der Waals surface area contributed by atoms with E-state index in [1.165, 1.54) is 49.6 Å². The molecule has 0 aliphatic heterocycles. The fraction of sp³-hybridized carbons (Fsp3) is 0.600. The monoisotopic (exact) mass is 335 g/mol. The van der Waals surface area contributed by atoms with Crippen molar-refractivity contribution in [3.05, 3.63) is 30.0 Å². The Morgan fingerprint density at radius 1 is 1.26 bits per heavy atom. The van der Waals surface area contributed by atoms with Gasteiger partial charge in [-0.25, -0.2) is 18.1 Å². The predicted molar refractivity (Wildman–Crippen MR) is 84.6 cm³/mol. The average Bonchev–Trinajstić information content (AvgIpc) is 3.43. The molecule has 4 rings (SSSR count). The van der Waals surface area contributed by atoms with Gasteiger partial charge in [-0.05, 0) is 31.7 Å². The Labute approximate surface area is 135 Å². The fourth-order valence-electron chi connectivity index (χ4n) is 2.80. The van der Waals surface area contributed by atoms with E-state index in [-0.39, 0.29) is 5.03 Å². The van der Waals surface area contributed by atoms with E-state index in [0.717, 1.165) is 0 Å². The largest absolute Gasteiger partial charge is 0.339 e. The molecule has 2 aliphatic rings. The van der Waals surface area contributed by atoms with Gasteiger partial charge >= 0.3 is 0 Å². The second kappa shape index (κ2) is 5.45. The first-order chi connectivity index (χ1) is 11.0. The van der Waals surface area contributed by atoms with Crippen molar-refractivity contribution in [2.45, 2.75) is 49.1 Å². The van der Waals surface area contributed by atoms with Gasteiger partial charge in [0.1, 0.15) is 0 Å². The van der Waals surface area contributed by atoms with E-state index in [0.29, 0.717) is 24.9 Å². The van der Waals surface area contributed by atoms with Gasteiger partial charge in [0.15, 0.2) is 5.03 Å². The highest BCUT2D eigenvalue weighted by atomic mass is 32.2. The Morgan fingerprint density at radius 3 is 2.61 bits per heavy atom. The summed E-state index contributed by atoms with van der Waals surface area (Å²) in [5.74, 6) is 1.24. The van der Waals surface area contributed by atoms with Crippen LogP contribution in [0.5, 0.6) is 0 Å². The molecule has 8 heteroatoms. The molecule has 0 amide bonds. The molecule has 7 nitrogen and oxygen atoms in total. The summed E-state index contributed by atoms with van der Waals surface area (Å²) in [5.41, 5.74) is 2.45. The van der Waals surface area contributed by atoms with Crippen molar-refractivity contribution in [1.82, 2.24) is 24.1 Å². The number of hydrogen-bond acceptors (Lipinski definition) is 4. The summed E-state index contributed by atoms with van der Waals surface area (Å²) >= 11 is 0. The molecule has 2 aromatic heterocycles. The van der Waals surface area contributed by atoms with E-state index in [2.05, 4.69) is 15.8 Å². The van der Waals surface area contributed by atoms with Gasteiger partial charge in [-0.2, -0.15) is 5.10 Å². The van der Waals surface area contributed by atoms with E-state index in [1.807, 2.05) is 4.68 Å². The lowest BCUT2D eigenvalue weighted by Crippen LogP contribution is -2.28. The molecule has 23 heavy (non-hydrogen) atoms. The van der Waals surface area contributed by atoms with Crippen LogP contribution in [0.4, 0.5) is 0 Å². The van der Waals surface area contributed by atoms with Gasteiger partial charge in [0.05, 0.1) is 18.6 Å². The Morgan fingerprint density at radius 2 is 2.00 bits per heavy atom. The number of nitrogens with zero attached hydrogens (tertiary/aromatic N) is 4. The molecule has 2 heterocycles. The molecule has 1 N–H and O–H groups in total. The normalized spacial score (nSPS) is 18.5. The molecule has 2 aliphatic carbocycles. The van der Waals surface area contributed by atoms with Crippen LogP contribution in [0.2, 0.25) is 0 Å². The lowest BCUT2D eigenvalue weighted by molar-refractivity contribution is 0.546. The summed E-state index contributed by atoms with van der Waals surface area (Å²) in [6, 6.07) is 2.22. The molecule has 0 radical (unpaired) electrons. The minimum absolute atomic E-state index is 0.0570. The predicted octanol–water partition coefficient (Wildman–Crippen LogP) is 1.35. The second-order valence-electron chi connectivity index (χ2n) is 6.54. The van der Waals surface area contributed by atoms with Gasteiger partial charge in [0.25, 0.3) is 10.0 Å². The molecule has 0 atom stereocenters. The van der Waals surface area contributed by atoms with Crippen LogP contribution in [0.3, 0.4) is 0 Å². The highest BCUT2D eigenvalue weighted by Gasteiger charge is 2.32. The van der Waals surface area contributed by atoms with Crippen molar-refractivity contribution < 1.29 is 8.42 Å². The third-order valence-electron chi connectivity index (χ3n) is 4.39. The third-order valence-corrected chi connectivity index (χ3v) is 5.74. The van der Waals surface area contributed by atoms with Crippen molar-refractivity contribution in [3.8, 4) is 0 Å². The zero-order chi connectivity index (χ0) is 16.0. The van der Waals surface area contributed by atoms with Crippen LogP contribution in [-0.4, -0.2) is 34.3 Å². The van der Waals surface area contributed by atoms with Crippen molar-refractivity contribution in [1.29, 1.82) is 0 Å². The molecule has 2 aromatic rings. The Kier molecular flexibility index (Phi) is 3.53.